The molecule has 2 aliphatic heterocycles. The zero-order chi connectivity index (χ0) is 14.9. The van der Waals surface area contributed by atoms with Gasteiger partial charge in [0.05, 0.1) is 24.0 Å². The summed E-state index contributed by atoms with van der Waals surface area (Å²) in [5.41, 5.74) is 0.521. The van der Waals surface area contributed by atoms with Crippen molar-refractivity contribution in [2.75, 3.05) is 39.7 Å². The maximum absolute atomic E-state index is 12.4. The zero-order valence-electron chi connectivity index (χ0n) is 12.4. The number of hydrogen-bond acceptors (Lipinski definition) is 5. The van der Waals surface area contributed by atoms with Gasteiger partial charge in [-0.3, -0.25) is 9.48 Å². The SMILES string of the molecule is COCCn1ccc(C(=O)N2CC3(CC(OC)CS3)C2)n1. The third-order valence-corrected chi connectivity index (χ3v) is 5.71. The molecular weight excluding hydrogens is 290 g/mol. The first kappa shape index (κ1) is 14.9. The Morgan fingerprint density at radius 2 is 2.33 bits per heavy atom. The van der Waals surface area contributed by atoms with Crippen LogP contribution in [0.5, 0.6) is 0 Å². The van der Waals surface area contributed by atoms with Crippen LogP contribution in [0.2, 0.25) is 0 Å². The third-order valence-electron chi connectivity index (χ3n) is 4.14. The summed E-state index contributed by atoms with van der Waals surface area (Å²) < 4.78 is 12.4. The standard InChI is InChI=1S/C14H21N3O3S/c1-19-6-5-17-4-3-12(15-17)13(18)16-9-14(10-16)7-11(20-2)8-21-14/h3-4,11H,5-10H2,1-2H3. The Kier molecular flexibility index (Phi) is 4.24. The van der Waals surface area contributed by atoms with Crippen LogP contribution in [0, 0.1) is 0 Å². The molecule has 6 nitrogen and oxygen atoms in total. The molecule has 116 valence electrons. The topological polar surface area (TPSA) is 56.6 Å². The molecule has 21 heavy (non-hydrogen) atoms. The predicted molar refractivity (Wildman–Crippen MR) is 80.6 cm³/mol. The van der Waals surface area contributed by atoms with Crippen LogP contribution in [0.15, 0.2) is 12.3 Å². The monoisotopic (exact) mass is 311 g/mol. The summed E-state index contributed by atoms with van der Waals surface area (Å²) in [4.78, 5) is 14.3. The molecule has 1 aromatic rings. The van der Waals surface area contributed by atoms with Gasteiger partial charge in [-0.25, -0.2) is 0 Å². The van der Waals surface area contributed by atoms with E-state index in [0.717, 1.165) is 25.3 Å². The summed E-state index contributed by atoms with van der Waals surface area (Å²) in [5.74, 6) is 1.06. The normalized spacial score (nSPS) is 23.5. The number of likely N-dealkylation sites (tertiary alicyclic amines) is 1. The minimum atomic E-state index is 0.0262. The van der Waals surface area contributed by atoms with Gasteiger partial charge in [-0.05, 0) is 12.5 Å². The van der Waals surface area contributed by atoms with Crippen molar-refractivity contribution >= 4 is 17.7 Å². The fourth-order valence-electron chi connectivity index (χ4n) is 2.91. The van der Waals surface area contributed by atoms with Gasteiger partial charge in [0, 0.05) is 39.3 Å². The van der Waals surface area contributed by atoms with Crippen LogP contribution in [0.4, 0.5) is 0 Å². The molecular formula is C14H21N3O3S. The smallest absolute Gasteiger partial charge is 0.274 e. The number of carbonyl (C=O) groups excluding carboxylic acids is 1. The molecule has 2 aliphatic rings. The maximum atomic E-state index is 12.4. The van der Waals surface area contributed by atoms with Gasteiger partial charge in [0.25, 0.3) is 5.91 Å². The molecule has 1 aromatic heterocycles. The first-order valence-electron chi connectivity index (χ1n) is 7.14. The Hall–Kier alpha value is -1.05. The van der Waals surface area contributed by atoms with Crippen molar-refractivity contribution in [2.24, 2.45) is 0 Å². The number of rotatable bonds is 5. The lowest BCUT2D eigenvalue weighted by Crippen LogP contribution is -2.60. The minimum absolute atomic E-state index is 0.0262. The molecule has 1 unspecified atom stereocenters. The van der Waals surface area contributed by atoms with Gasteiger partial charge in [-0.1, -0.05) is 0 Å². The second-order valence-corrected chi connectivity index (χ2v) is 7.16. The highest BCUT2D eigenvalue weighted by atomic mass is 32.2. The van der Waals surface area contributed by atoms with Crippen LogP contribution in [0.3, 0.4) is 0 Å². The van der Waals surface area contributed by atoms with Gasteiger partial charge in [-0.15, -0.1) is 11.8 Å². The Bertz CT molecular complexity index is 513. The van der Waals surface area contributed by atoms with E-state index in [1.54, 1.807) is 25.0 Å². The first-order valence-corrected chi connectivity index (χ1v) is 8.13. The molecule has 0 aromatic carbocycles. The van der Waals surface area contributed by atoms with Crippen LogP contribution in [0.25, 0.3) is 0 Å². The zero-order valence-corrected chi connectivity index (χ0v) is 13.3. The van der Waals surface area contributed by atoms with Gasteiger partial charge < -0.3 is 14.4 Å². The number of carbonyl (C=O) groups is 1. The summed E-state index contributed by atoms with van der Waals surface area (Å²) in [6.07, 6.45) is 3.20. The highest BCUT2D eigenvalue weighted by molar-refractivity contribution is 8.01. The number of methoxy groups -OCH3 is 2. The van der Waals surface area contributed by atoms with Gasteiger partial charge in [0.15, 0.2) is 0 Å². The molecule has 1 spiro atoms. The van der Waals surface area contributed by atoms with E-state index in [1.165, 1.54) is 0 Å². The summed E-state index contributed by atoms with van der Waals surface area (Å²) in [5, 5.41) is 4.31. The second kappa shape index (κ2) is 5.98. The lowest BCUT2D eigenvalue weighted by molar-refractivity contribution is 0.0445. The minimum Gasteiger partial charge on any atom is -0.383 e. The predicted octanol–water partition coefficient (Wildman–Crippen LogP) is 0.876. The summed E-state index contributed by atoms with van der Waals surface area (Å²) in [7, 11) is 3.42. The lowest BCUT2D eigenvalue weighted by Gasteiger charge is -2.47. The van der Waals surface area contributed by atoms with Gasteiger partial charge in [0.2, 0.25) is 0 Å². The van der Waals surface area contributed by atoms with Crippen molar-refractivity contribution in [1.82, 2.24) is 14.7 Å². The molecule has 0 saturated carbocycles. The van der Waals surface area contributed by atoms with E-state index < -0.39 is 0 Å². The van der Waals surface area contributed by atoms with Crippen molar-refractivity contribution in [3.8, 4) is 0 Å². The summed E-state index contributed by atoms with van der Waals surface area (Å²) >= 11 is 1.94. The molecule has 2 fully saturated rings. The Labute approximate surface area is 128 Å². The number of hydrogen-bond donors (Lipinski definition) is 0. The van der Waals surface area contributed by atoms with Gasteiger partial charge in [0.1, 0.15) is 5.69 Å². The molecule has 2 saturated heterocycles. The molecule has 0 aliphatic carbocycles. The van der Waals surface area contributed by atoms with Crippen molar-refractivity contribution in [3.63, 3.8) is 0 Å². The van der Waals surface area contributed by atoms with Gasteiger partial charge >= 0.3 is 0 Å². The average Bonchev–Trinajstić information content (AvgIpc) is 3.09. The Morgan fingerprint density at radius 3 is 3.00 bits per heavy atom. The van der Waals surface area contributed by atoms with E-state index in [1.807, 2.05) is 22.9 Å². The van der Waals surface area contributed by atoms with E-state index in [-0.39, 0.29) is 10.7 Å². The molecule has 0 bridgehead atoms. The van der Waals surface area contributed by atoms with E-state index in [9.17, 15) is 4.79 Å². The number of amides is 1. The number of aromatic nitrogens is 2. The molecule has 3 heterocycles. The Balaban J connectivity index is 1.54. The van der Waals surface area contributed by atoms with Crippen LogP contribution in [0.1, 0.15) is 16.9 Å². The van der Waals surface area contributed by atoms with Crippen LogP contribution in [-0.4, -0.2) is 71.1 Å². The maximum Gasteiger partial charge on any atom is 0.274 e. The van der Waals surface area contributed by atoms with Crippen molar-refractivity contribution in [1.29, 1.82) is 0 Å². The first-order chi connectivity index (χ1) is 10.2. The molecule has 1 atom stereocenters. The molecule has 0 radical (unpaired) electrons. The summed E-state index contributed by atoms with van der Waals surface area (Å²) in [6, 6.07) is 1.78. The Morgan fingerprint density at radius 1 is 1.52 bits per heavy atom. The fourth-order valence-corrected chi connectivity index (χ4v) is 4.51. The highest BCUT2D eigenvalue weighted by Gasteiger charge is 2.51. The largest absolute Gasteiger partial charge is 0.383 e. The number of ether oxygens (including phenoxy) is 2. The van der Waals surface area contributed by atoms with Crippen LogP contribution < -0.4 is 0 Å². The summed E-state index contributed by atoms with van der Waals surface area (Å²) in [6.45, 7) is 2.87. The van der Waals surface area contributed by atoms with E-state index >= 15 is 0 Å². The molecule has 1 amide bonds. The quantitative estimate of drug-likeness (QED) is 0.808. The van der Waals surface area contributed by atoms with E-state index in [2.05, 4.69) is 5.10 Å². The van der Waals surface area contributed by atoms with Crippen LogP contribution >= 0.6 is 11.8 Å². The van der Waals surface area contributed by atoms with E-state index in [0.29, 0.717) is 24.9 Å². The molecule has 0 N–H and O–H groups in total. The van der Waals surface area contributed by atoms with Crippen LogP contribution in [-0.2, 0) is 16.0 Å². The van der Waals surface area contributed by atoms with E-state index in [4.69, 9.17) is 9.47 Å². The van der Waals surface area contributed by atoms with Crippen molar-refractivity contribution in [3.05, 3.63) is 18.0 Å². The molecule has 3 rings (SSSR count). The van der Waals surface area contributed by atoms with Crippen molar-refractivity contribution < 1.29 is 14.3 Å². The highest BCUT2D eigenvalue weighted by Crippen LogP contribution is 2.46. The lowest BCUT2D eigenvalue weighted by atomic mass is 9.92. The molecule has 7 heteroatoms. The number of thioether (sulfide) groups is 1. The third kappa shape index (κ3) is 2.95. The van der Waals surface area contributed by atoms with Crippen molar-refractivity contribution in [2.45, 2.75) is 23.8 Å². The number of nitrogens with zero attached hydrogens (tertiary/aromatic N) is 3. The fraction of sp³-hybridized carbons (Fsp3) is 0.714. The second-order valence-electron chi connectivity index (χ2n) is 5.67. The van der Waals surface area contributed by atoms with Gasteiger partial charge in [-0.2, -0.15) is 5.10 Å². The average molecular weight is 311 g/mol.